The Bertz CT molecular complexity index is 626. The molecule has 0 saturated heterocycles. The summed E-state index contributed by atoms with van der Waals surface area (Å²) in [6.07, 6.45) is 0.676. The first-order valence-electron chi connectivity index (χ1n) is 7.10. The van der Waals surface area contributed by atoms with Gasteiger partial charge in [-0.2, -0.15) is 5.10 Å². The SMILES string of the molecule is OCCN/N=C1/C[C@@H](c2ccccc2)Oc2ccccc21. The van der Waals surface area contributed by atoms with Crippen LogP contribution in [0.2, 0.25) is 0 Å². The van der Waals surface area contributed by atoms with Crippen LogP contribution in [0.5, 0.6) is 5.75 Å². The van der Waals surface area contributed by atoms with E-state index in [9.17, 15) is 0 Å². The molecule has 1 heterocycles. The molecule has 1 aliphatic heterocycles. The monoisotopic (exact) mass is 282 g/mol. The maximum absolute atomic E-state index is 8.86. The second-order valence-corrected chi connectivity index (χ2v) is 4.91. The van der Waals surface area contributed by atoms with E-state index in [1.165, 1.54) is 0 Å². The second-order valence-electron chi connectivity index (χ2n) is 4.91. The third kappa shape index (κ3) is 3.06. The van der Waals surface area contributed by atoms with Crippen molar-refractivity contribution in [2.24, 2.45) is 5.10 Å². The molecule has 0 aromatic heterocycles. The number of aliphatic hydroxyl groups excluding tert-OH is 1. The van der Waals surface area contributed by atoms with Gasteiger partial charge in [0, 0.05) is 12.0 Å². The number of ether oxygens (including phenoxy) is 1. The molecular weight excluding hydrogens is 264 g/mol. The van der Waals surface area contributed by atoms with Crippen LogP contribution in [-0.4, -0.2) is 24.0 Å². The molecule has 2 aromatic carbocycles. The van der Waals surface area contributed by atoms with Gasteiger partial charge in [0.2, 0.25) is 0 Å². The summed E-state index contributed by atoms with van der Waals surface area (Å²) in [5.41, 5.74) is 6.01. The van der Waals surface area contributed by atoms with E-state index in [0.717, 1.165) is 22.6 Å². The number of nitrogens with one attached hydrogen (secondary N) is 1. The number of hydrazone groups is 1. The molecule has 1 aliphatic rings. The van der Waals surface area contributed by atoms with Crippen LogP contribution < -0.4 is 10.2 Å². The molecule has 0 aliphatic carbocycles. The van der Waals surface area contributed by atoms with Gasteiger partial charge in [-0.25, -0.2) is 0 Å². The van der Waals surface area contributed by atoms with Gasteiger partial charge in [0.15, 0.2) is 0 Å². The summed E-state index contributed by atoms with van der Waals surface area (Å²) >= 11 is 0. The summed E-state index contributed by atoms with van der Waals surface area (Å²) in [5.74, 6) is 0.849. The van der Waals surface area contributed by atoms with Crippen molar-refractivity contribution >= 4 is 5.71 Å². The fraction of sp³-hybridized carbons (Fsp3) is 0.235. The van der Waals surface area contributed by atoms with E-state index in [-0.39, 0.29) is 12.7 Å². The predicted octanol–water partition coefficient (Wildman–Crippen LogP) is 2.50. The van der Waals surface area contributed by atoms with Crippen molar-refractivity contribution in [1.29, 1.82) is 0 Å². The van der Waals surface area contributed by atoms with Crippen LogP contribution in [-0.2, 0) is 0 Å². The van der Waals surface area contributed by atoms with Gasteiger partial charge in [-0.3, -0.25) is 0 Å². The highest BCUT2D eigenvalue weighted by Gasteiger charge is 2.25. The van der Waals surface area contributed by atoms with Crippen molar-refractivity contribution in [3.8, 4) is 5.75 Å². The lowest BCUT2D eigenvalue weighted by Crippen LogP contribution is -2.24. The lowest BCUT2D eigenvalue weighted by atomic mass is 9.96. The van der Waals surface area contributed by atoms with Crippen LogP contribution in [0.4, 0.5) is 0 Å². The van der Waals surface area contributed by atoms with Crippen LogP contribution in [0, 0.1) is 0 Å². The van der Waals surface area contributed by atoms with Crippen molar-refractivity contribution in [2.75, 3.05) is 13.2 Å². The Hall–Kier alpha value is -2.33. The highest BCUT2D eigenvalue weighted by atomic mass is 16.5. The van der Waals surface area contributed by atoms with Crippen LogP contribution >= 0.6 is 0 Å². The molecule has 0 amide bonds. The zero-order chi connectivity index (χ0) is 14.5. The van der Waals surface area contributed by atoms with Crippen LogP contribution in [0.1, 0.15) is 23.7 Å². The number of para-hydroxylation sites is 1. The minimum Gasteiger partial charge on any atom is -0.485 e. The van der Waals surface area contributed by atoms with Gasteiger partial charge in [-0.1, -0.05) is 42.5 Å². The van der Waals surface area contributed by atoms with Gasteiger partial charge in [0.25, 0.3) is 0 Å². The molecule has 1 atom stereocenters. The average Bonchev–Trinajstić information content (AvgIpc) is 2.55. The molecule has 108 valence electrons. The topological polar surface area (TPSA) is 53.8 Å². The Labute approximate surface area is 124 Å². The molecule has 0 bridgehead atoms. The molecule has 0 saturated carbocycles. The Morgan fingerprint density at radius 3 is 2.67 bits per heavy atom. The highest BCUT2D eigenvalue weighted by molar-refractivity contribution is 6.03. The molecular formula is C17H18N2O2. The predicted molar refractivity (Wildman–Crippen MR) is 82.5 cm³/mol. The summed E-state index contributed by atoms with van der Waals surface area (Å²) in [6.45, 7) is 0.513. The maximum atomic E-state index is 8.86. The average molecular weight is 282 g/mol. The number of fused-ring (bicyclic) bond motifs is 1. The summed E-state index contributed by atoms with van der Waals surface area (Å²) < 4.78 is 6.10. The van der Waals surface area contributed by atoms with Crippen LogP contribution in [0.3, 0.4) is 0 Å². The van der Waals surface area contributed by atoms with Gasteiger partial charge >= 0.3 is 0 Å². The zero-order valence-corrected chi connectivity index (χ0v) is 11.7. The first-order valence-corrected chi connectivity index (χ1v) is 7.10. The van der Waals surface area contributed by atoms with Crippen molar-refractivity contribution in [3.05, 3.63) is 65.7 Å². The van der Waals surface area contributed by atoms with E-state index >= 15 is 0 Å². The van der Waals surface area contributed by atoms with E-state index in [0.29, 0.717) is 13.0 Å². The van der Waals surface area contributed by atoms with Crippen molar-refractivity contribution < 1.29 is 9.84 Å². The molecule has 4 nitrogen and oxygen atoms in total. The zero-order valence-electron chi connectivity index (χ0n) is 11.7. The third-order valence-corrected chi connectivity index (χ3v) is 3.45. The summed E-state index contributed by atoms with van der Waals surface area (Å²) in [5, 5.41) is 13.3. The summed E-state index contributed by atoms with van der Waals surface area (Å²) in [6, 6.07) is 18.1. The van der Waals surface area contributed by atoms with Gasteiger partial charge in [0.1, 0.15) is 11.9 Å². The van der Waals surface area contributed by atoms with Crippen molar-refractivity contribution in [2.45, 2.75) is 12.5 Å². The Morgan fingerprint density at radius 2 is 1.86 bits per heavy atom. The molecule has 2 N–H and O–H groups in total. The van der Waals surface area contributed by atoms with Crippen LogP contribution in [0.25, 0.3) is 0 Å². The van der Waals surface area contributed by atoms with E-state index in [1.54, 1.807) is 0 Å². The van der Waals surface area contributed by atoms with E-state index in [1.807, 2.05) is 42.5 Å². The van der Waals surface area contributed by atoms with Crippen LogP contribution in [0.15, 0.2) is 59.7 Å². The number of aliphatic hydroxyl groups is 1. The molecule has 3 rings (SSSR count). The van der Waals surface area contributed by atoms with Gasteiger partial charge in [-0.05, 0) is 17.7 Å². The number of nitrogens with zero attached hydrogens (tertiary/aromatic N) is 1. The highest BCUT2D eigenvalue weighted by Crippen LogP contribution is 2.34. The number of hydrogen-bond donors (Lipinski definition) is 2. The molecule has 2 aromatic rings. The molecule has 0 unspecified atom stereocenters. The third-order valence-electron chi connectivity index (χ3n) is 3.45. The minimum absolute atomic E-state index is 0.0317. The molecule has 21 heavy (non-hydrogen) atoms. The van der Waals surface area contributed by atoms with Gasteiger partial charge < -0.3 is 15.3 Å². The Kier molecular flexibility index (Phi) is 4.17. The first-order chi connectivity index (χ1) is 10.4. The molecule has 4 heteroatoms. The number of hydrogen-bond acceptors (Lipinski definition) is 4. The Morgan fingerprint density at radius 1 is 1.10 bits per heavy atom. The van der Waals surface area contributed by atoms with Gasteiger partial charge in [-0.15, -0.1) is 0 Å². The molecule has 0 fully saturated rings. The number of benzene rings is 2. The molecule has 0 spiro atoms. The normalized spacial score (nSPS) is 18.9. The minimum atomic E-state index is -0.0317. The lowest BCUT2D eigenvalue weighted by Gasteiger charge is -2.27. The fourth-order valence-electron chi connectivity index (χ4n) is 2.45. The lowest BCUT2D eigenvalue weighted by molar-refractivity contribution is 0.206. The number of rotatable bonds is 4. The van der Waals surface area contributed by atoms with Gasteiger partial charge in [0.05, 0.1) is 18.9 Å². The Balaban J connectivity index is 1.91. The summed E-state index contributed by atoms with van der Waals surface area (Å²) in [4.78, 5) is 0. The molecule has 0 radical (unpaired) electrons. The van der Waals surface area contributed by atoms with E-state index in [2.05, 4.69) is 22.7 Å². The van der Waals surface area contributed by atoms with Crippen molar-refractivity contribution in [1.82, 2.24) is 5.43 Å². The van der Waals surface area contributed by atoms with E-state index in [4.69, 9.17) is 9.84 Å². The fourth-order valence-corrected chi connectivity index (χ4v) is 2.45. The maximum Gasteiger partial charge on any atom is 0.129 e. The largest absolute Gasteiger partial charge is 0.485 e. The quantitative estimate of drug-likeness (QED) is 0.669. The second kappa shape index (κ2) is 6.41. The smallest absolute Gasteiger partial charge is 0.129 e. The standard InChI is InChI=1S/C17H18N2O2/c20-11-10-18-19-15-12-17(13-6-2-1-3-7-13)21-16-9-5-4-8-14(15)16/h1-9,17-18,20H,10-12H2/b19-15-/t17-/m0/s1. The van der Waals surface area contributed by atoms with Crippen molar-refractivity contribution in [3.63, 3.8) is 0 Å². The summed E-state index contributed by atoms with van der Waals surface area (Å²) in [7, 11) is 0. The first kappa shape index (κ1) is 13.6. The van der Waals surface area contributed by atoms with E-state index < -0.39 is 0 Å².